The van der Waals surface area contributed by atoms with Gasteiger partial charge in [0.1, 0.15) is 0 Å². The molecule has 4 heteroatoms. The molecule has 1 aliphatic heterocycles. The van der Waals surface area contributed by atoms with Crippen LogP contribution in [0.4, 0.5) is 0 Å². The SMILES string of the molecule is NC(Cc1cccc(Cl)c1Cl)C1(N2CCCC2)CCCC1. The van der Waals surface area contributed by atoms with Gasteiger partial charge in [0.25, 0.3) is 0 Å². The van der Waals surface area contributed by atoms with Gasteiger partial charge in [-0.25, -0.2) is 0 Å². The third-order valence-electron chi connectivity index (χ3n) is 5.37. The van der Waals surface area contributed by atoms with Crippen molar-refractivity contribution in [3.63, 3.8) is 0 Å². The molecule has 1 atom stereocenters. The normalized spacial score (nSPS) is 23.6. The van der Waals surface area contributed by atoms with Gasteiger partial charge in [-0.05, 0) is 56.8 Å². The van der Waals surface area contributed by atoms with E-state index in [0.717, 1.165) is 12.0 Å². The van der Waals surface area contributed by atoms with E-state index in [1.807, 2.05) is 12.1 Å². The average molecular weight is 327 g/mol. The van der Waals surface area contributed by atoms with Gasteiger partial charge in [0, 0.05) is 11.6 Å². The molecule has 2 N–H and O–H groups in total. The number of nitrogens with two attached hydrogens (primary N) is 1. The summed E-state index contributed by atoms with van der Waals surface area (Å²) in [5.74, 6) is 0. The minimum absolute atomic E-state index is 0.133. The van der Waals surface area contributed by atoms with Crippen LogP contribution in [0.1, 0.15) is 44.1 Å². The van der Waals surface area contributed by atoms with Crippen LogP contribution in [0.5, 0.6) is 0 Å². The quantitative estimate of drug-likeness (QED) is 0.895. The smallest absolute Gasteiger partial charge is 0.0624 e. The molecule has 2 fully saturated rings. The van der Waals surface area contributed by atoms with Crippen molar-refractivity contribution >= 4 is 23.2 Å². The lowest BCUT2D eigenvalue weighted by Gasteiger charge is -2.43. The summed E-state index contributed by atoms with van der Waals surface area (Å²) in [7, 11) is 0. The van der Waals surface area contributed by atoms with E-state index >= 15 is 0 Å². The first kappa shape index (κ1) is 15.6. The van der Waals surface area contributed by atoms with Gasteiger partial charge in [-0.15, -0.1) is 0 Å². The Morgan fingerprint density at radius 2 is 1.76 bits per heavy atom. The van der Waals surface area contributed by atoms with Crippen molar-refractivity contribution in [2.45, 2.75) is 56.5 Å². The fourth-order valence-corrected chi connectivity index (χ4v) is 4.60. The van der Waals surface area contributed by atoms with E-state index in [1.54, 1.807) is 0 Å². The fraction of sp³-hybridized carbons (Fsp3) is 0.647. The minimum Gasteiger partial charge on any atom is -0.326 e. The van der Waals surface area contributed by atoms with Crippen LogP contribution in [0, 0.1) is 0 Å². The number of hydrogen-bond acceptors (Lipinski definition) is 2. The van der Waals surface area contributed by atoms with Crippen molar-refractivity contribution in [3.05, 3.63) is 33.8 Å². The summed E-state index contributed by atoms with van der Waals surface area (Å²) in [4.78, 5) is 2.66. The van der Waals surface area contributed by atoms with Crippen molar-refractivity contribution in [3.8, 4) is 0 Å². The summed E-state index contributed by atoms with van der Waals surface area (Å²) >= 11 is 12.5. The molecule has 0 bridgehead atoms. The molecule has 1 aromatic rings. The predicted octanol–water partition coefficient (Wildman–Crippen LogP) is 4.27. The molecule has 0 spiro atoms. The summed E-state index contributed by atoms with van der Waals surface area (Å²) in [5.41, 5.74) is 7.97. The lowest BCUT2D eigenvalue weighted by Crippen LogP contribution is -2.58. The van der Waals surface area contributed by atoms with E-state index in [2.05, 4.69) is 11.0 Å². The Labute approximate surface area is 137 Å². The van der Waals surface area contributed by atoms with E-state index in [4.69, 9.17) is 28.9 Å². The van der Waals surface area contributed by atoms with Crippen LogP contribution < -0.4 is 5.73 Å². The molecule has 1 unspecified atom stereocenters. The standard InChI is InChI=1S/C17H24Cl2N2/c18-14-7-5-6-13(16(14)19)12-15(20)17(8-1-2-9-17)21-10-3-4-11-21/h5-7,15H,1-4,8-12,20H2. The molecular formula is C17H24Cl2N2. The molecule has 1 saturated heterocycles. The maximum Gasteiger partial charge on any atom is 0.0624 e. The highest BCUT2D eigenvalue weighted by atomic mass is 35.5. The topological polar surface area (TPSA) is 29.3 Å². The Morgan fingerprint density at radius 3 is 2.43 bits per heavy atom. The summed E-state index contributed by atoms with van der Waals surface area (Å²) in [6, 6.07) is 5.99. The zero-order chi connectivity index (χ0) is 14.9. The molecule has 0 radical (unpaired) electrons. The largest absolute Gasteiger partial charge is 0.326 e. The first-order chi connectivity index (χ1) is 10.1. The van der Waals surface area contributed by atoms with Crippen LogP contribution in [-0.4, -0.2) is 29.6 Å². The van der Waals surface area contributed by atoms with Crippen LogP contribution in [0.3, 0.4) is 0 Å². The number of likely N-dealkylation sites (tertiary alicyclic amines) is 1. The Hall–Kier alpha value is -0.280. The number of hydrogen-bond donors (Lipinski definition) is 1. The predicted molar refractivity (Wildman–Crippen MR) is 90.1 cm³/mol. The van der Waals surface area contributed by atoms with Crippen LogP contribution in [-0.2, 0) is 6.42 Å². The first-order valence-electron chi connectivity index (χ1n) is 8.07. The van der Waals surface area contributed by atoms with Gasteiger partial charge < -0.3 is 5.73 Å². The average Bonchev–Trinajstić information content (AvgIpc) is 3.14. The molecule has 3 rings (SSSR count). The van der Waals surface area contributed by atoms with Gasteiger partial charge in [-0.3, -0.25) is 4.90 Å². The zero-order valence-corrected chi connectivity index (χ0v) is 14.0. The van der Waals surface area contributed by atoms with Gasteiger partial charge in [0.15, 0.2) is 0 Å². The molecule has 0 aromatic heterocycles. The van der Waals surface area contributed by atoms with Gasteiger partial charge in [0.05, 0.1) is 10.0 Å². The molecule has 1 saturated carbocycles. The molecule has 1 aliphatic carbocycles. The van der Waals surface area contributed by atoms with Gasteiger partial charge >= 0.3 is 0 Å². The Bertz CT molecular complexity index is 492. The molecule has 116 valence electrons. The van der Waals surface area contributed by atoms with Crippen LogP contribution in [0.25, 0.3) is 0 Å². The fourth-order valence-electron chi connectivity index (χ4n) is 4.20. The van der Waals surface area contributed by atoms with E-state index in [9.17, 15) is 0 Å². The number of rotatable bonds is 4. The van der Waals surface area contributed by atoms with E-state index in [0.29, 0.717) is 10.0 Å². The van der Waals surface area contributed by atoms with Crippen molar-refractivity contribution in [1.29, 1.82) is 0 Å². The summed E-state index contributed by atoms with van der Waals surface area (Å²) in [6.07, 6.45) is 8.49. The molecule has 1 aromatic carbocycles. The van der Waals surface area contributed by atoms with Crippen molar-refractivity contribution < 1.29 is 0 Å². The summed E-state index contributed by atoms with van der Waals surface area (Å²) in [6.45, 7) is 2.41. The van der Waals surface area contributed by atoms with Crippen LogP contribution >= 0.6 is 23.2 Å². The monoisotopic (exact) mass is 326 g/mol. The summed E-state index contributed by atoms with van der Waals surface area (Å²) < 4.78 is 0. The van der Waals surface area contributed by atoms with Crippen molar-refractivity contribution in [2.24, 2.45) is 5.73 Å². The Morgan fingerprint density at radius 1 is 1.10 bits per heavy atom. The molecule has 21 heavy (non-hydrogen) atoms. The van der Waals surface area contributed by atoms with Gasteiger partial charge in [-0.2, -0.15) is 0 Å². The van der Waals surface area contributed by atoms with Crippen molar-refractivity contribution in [1.82, 2.24) is 4.90 Å². The molecule has 2 nitrogen and oxygen atoms in total. The second-order valence-electron chi connectivity index (χ2n) is 6.53. The highest BCUT2D eigenvalue weighted by molar-refractivity contribution is 6.42. The number of halogens is 2. The lowest BCUT2D eigenvalue weighted by molar-refractivity contribution is 0.0921. The minimum atomic E-state index is 0.133. The number of nitrogens with zero attached hydrogens (tertiary/aromatic N) is 1. The molecule has 1 heterocycles. The Balaban J connectivity index is 1.81. The number of benzene rings is 1. The zero-order valence-electron chi connectivity index (χ0n) is 12.5. The summed E-state index contributed by atoms with van der Waals surface area (Å²) in [5, 5.41) is 1.30. The molecule has 0 amide bonds. The lowest BCUT2D eigenvalue weighted by atomic mass is 9.83. The van der Waals surface area contributed by atoms with Crippen molar-refractivity contribution in [2.75, 3.05) is 13.1 Å². The van der Waals surface area contributed by atoms with E-state index in [-0.39, 0.29) is 11.6 Å². The Kier molecular flexibility index (Phi) is 4.80. The maximum absolute atomic E-state index is 6.70. The first-order valence-corrected chi connectivity index (χ1v) is 8.82. The van der Waals surface area contributed by atoms with Gasteiger partial charge in [-0.1, -0.05) is 48.2 Å². The van der Waals surface area contributed by atoms with E-state index in [1.165, 1.54) is 51.6 Å². The van der Waals surface area contributed by atoms with E-state index < -0.39 is 0 Å². The molecule has 2 aliphatic rings. The third-order valence-corrected chi connectivity index (χ3v) is 6.22. The molecular weight excluding hydrogens is 303 g/mol. The maximum atomic E-state index is 6.70. The highest BCUT2D eigenvalue weighted by Gasteiger charge is 2.45. The highest BCUT2D eigenvalue weighted by Crippen LogP contribution is 2.41. The van der Waals surface area contributed by atoms with Crippen LogP contribution in [0.15, 0.2) is 18.2 Å². The van der Waals surface area contributed by atoms with Crippen LogP contribution in [0.2, 0.25) is 10.0 Å². The second kappa shape index (κ2) is 6.45. The third kappa shape index (κ3) is 2.96. The van der Waals surface area contributed by atoms with Gasteiger partial charge in [0.2, 0.25) is 0 Å². The second-order valence-corrected chi connectivity index (χ2v) is 7.31.